The van der Waals surface area contributed by atoms with E-state index in [9.17, 15) is 0 Å². The second-order valence-electron chi connectivity index (χ2n) is 7.05. The van der Waals surface area contributed by atoms with Crippen LogP contribution in [0.15, 0.2) is 0 Å². The zero-order chi connectivity index (χ0) is 14.4. The minimum absolute atomic E-state index is 0.869. The third-order valence-corrected chi connectivity index (χ3v) is 3.78. The highest BCUT2D eigenvalue weighted by molar-refractivity contribution is 4.49. The third-order valence-electron chi connectivity index (χ3n) is 3.78. The van der Waals surface area contributed by atoms with Crippen LogP contribution in [0.2, 0.25) is 0 Å². The molecule has 2 nitrogen and oxygen atoms in total. The first-order valence-corrected chi connectivity index (χ1v) is 8.57. The van der Waals surface area contributed by atoms with Crippen molar-refractivity contribution < 1.29 is 4.48 Å². The lowest BCUT2D eigenvalue weighted by Crippen LogP contribution is -2.35. The summed E-state index contributed by atoms with van der Waals surface area (Å²) in [5.41, 5.74) is 5.48. The molecule has 0 heterocycles. The lowest BCUT2D eigenvalue weighted by atomic mass is 10.1. The van der Waals surface area contributed by atoms with Gasteiger partial charge in [0.05, 0.1) is 27.7 Å². The predicted octanol–water partition coefficient (Wildman–Crippen LogP) is 4.33. The second-order valence-corrected chi connectivity index (χ2v) is 7.05. The standard InChI is InChI=1S/C17H39N2/c1-19(2,3)17-15-13-11-9-7-5-4-6-8-10-12-14-16-18/h4-18H2,1-3H3/q+1. The molecule has 0 unspecified atom stereocenters. The van der Waals surface area contributed by atoms with E-state index in [0.717, 1.165) is 11.0 Å². The van der Waals surface area contributed by atoms with Gasteiger partial charge in [-0.25, -0.2) is 0 Å². The highest BCUT2D eigenvalue weighted by Crippen LogP contribution is 2.12. The van der Waals surface area contributed by atoms with Crippen molar-refractivity contribution in [2.75, 3.05) is 34.2 Å². The fourth-order valence-corrected chi connectivity index (χ4v) is 2.50. The highest BCUT2D eigenvalue weighted by Gasteiger charge is 2.04. The molecule has 0 aromatic heterocycles. The van der Waals surface area contributed by atoms with Crippen LogP contribution < -0.4 is 5.73 Å². The van der Waals surface area contributed by atoms with E-state index >= 15 is 0 Å². The van der Waals surface area contributed by atoms with Crippen LogP contribution in [0.1, 0.15) is 77.0 Å². The SMILES string of the molecule is C[N+](C)(C)CCCCCCCCCCCCCCN. The summed E-state index contributed by atoms with van der Waals surface area (Å²) in [4.78, 5) is 0. The van der Waals surface area contributed by atoms with Gasteiger partial charge in [-0.3, -0.25) is 0 Å². The molecule has 0 saturated heterocycles. The molecule has 0 aliphatic rings. The summed E-state index contributed by atoms with van der Waals surface area (Å²) in [5, 5.41) is 0. The Bertz CT molecular complexity index is 173. The van der Waals surface area contributed by atoms with Gasteiger partial charge in [0, 0.05) is 0 Å². The van der Waals surface area contributed by atoms with Gasteiger partial charge in [-0.1, -0.05) is 57.8 Å². The first-order valence-electron chi connectivity index (χ1n) is 8.57. The molecule has 0 aromatic carbocycles. The van der Waals surface area contributed by atoms with Crippen molar-refractivity contribution in [1.29, 1.82) is 0 Å². The van der Waals surface area contributed by atoms with Crippen LogP contribution in [0.5, 0.6) is 0 Å². The zero-order valence-corrected chi connectivity index (χ0v) is 13.9. The number of hydrogen-bond acceptors (Lipinski definition) is 1. The maximum Gasteiger partial charge on any atom is 0.0780 e. The Kier molecular flexibility index (Phi) is 12.9. The number of nitrogens with zero attached hydrogens (tertiary/aromatic N) is 1. The van der Waals surface area contributed by atoms with Gasteiger partial charge in [0.1, 0.15) is 0 Å². The maximum atomic E-state index is 5.48. The molecule has 116 valence electrons. The summed E-state index contributed by atoms with van der Waals surface area (Å²) in [6.45, 7) is 2.19. The molecule has 0 aliphatic heterocycles. The minimum Gasteiger partial charge on any atom is -0.331 e. The van der Waals surface area contributed by atoms with Crippen molar-refractivity contribution in [2.45, 2.75) is 77.0 Å². The van der Waals surface area contributed by atoms with Crippen LogP contribution >= 0.6 is 0 Å². The molecule has 0 fully saturated rings. The van der Waals surface area contributed by atoms with Crippen molar-refractivity contribution in [3.8, 4) is 0 Å². The average Bonchev–Trinajstić information content (AvgIpc) is 2.34. The largest absolute Gasteiger partial charge is 0.331 e. The summed E-state index contributed by atoms with van der Waals surface area (Å²) in [7, 11) is 6.86. The van der Waals surface area contributed by atoms with Gasteiger partial charge in [0.2, 0.25) is 0 Å². The van der Waals surface area contributed by atoms with Gasteiger partial charge in [-0.15, -0.1) is 0 Å². The topological polar surface area (TPSA) is 26.0 Å². The van der Waals surface area contributed by atoms with E-state index in [1.807, 2.05) is 0 Å². The first-order chi connectivity index (χ1) is 9.06. The summed E-state index contributed by atoms with van der Waals surface area (Å²) >= 11 is 0. The molecule has 0 aromatic rings. The second kappa shape index (κ2) is 12.9. The average molecular weight is 272 g/mol. The lowest BCUT2D eigenvalue weighted by molar-refractivity contribution is -0.870. The third kappa shape index (κ3) is 17.9. The van der Waals surface area contributed by atoms with Crippen LogP contribution in [0.3, 0.4) is 0 Å². The van der Waals surface area contributed by atoms with Gasteiger partial charge in [-0.2, -0.15) is 0 Å². The van der Waals surface area contributed by atoms with Crippen molar-refractivity contribution >= 4 is 0 Å². The van der Waals surface area contributed by atoms with E-state index in [-0.39, 0.29) is 0 Å². The number of hydrogen-bond donors (Lipinski definition) is 1. The Morgan fingerprint density at radius 3 is 1.16 bits per heavy atom. The Morgan fingerprint density at radius 2 is 0.842 bits per heavy atom. The molecule has 2 heteroatoms. The number of unbranched alkanes of at least 4 members (excludes halogenated alkanes) is 11. The van der Waals surface area contributed by atoms with Gasteiger partial charge < -0.3 is 10.2 Å². The van der Waals surface area contributed by atoms with E-state index in [4.69, 9.17) is 5.73 Å². The van der Waals surface area contributed by atoms with Crippen LogP contribution in [-0.4, -0.2) is 38.7 Å². The van der Waals surface area contributed by atoms with E-state index in [1.54, 1.807) is 0 Å². The number of quaternary nitrogens is 1. The van der Waals surface area contributed by atoms with E-state index < -0.39 is 0 Å². The smallest absolute Gasteiger partial charge is 0.0780 e. The van der Waals surface area contributed by atoms with E-state index in [0.29, 0.717) is 0 Å². The van der Waals surface area contributed by atoms with Gasteiger partial charge in [0.15, 0.2) is 0 Å². The molecule has 0 bridgehead atoms. The quantitative estimate of drug-likeness (QED) is 0.369. The van der Waals surface area contributed by atoms with Gasteiger partial charge >= 0.3 is 0 Å². The number of nitrogens with two attached hydrogens (primary N) is 1. The lowest BCUT2D eigenvalue weighted by Gasteiger charge is -2.23. The molecule has 0 amide bonds. The molecular weight excluding hydrogens is 232 g/mol. The number of rotatable bonds is 14. The Labute approximate surface area is 122 Å². The molecule has 2 N–H and O–H groups in total. The molecule has 0 spiro atoms. The first kappa shape index (κ1) is 18.9. The van der Waals surface area contributed by atoms with Crippen LogP contribution in [0.4, 0.5) is 0 Å². The fourth-order valence-electron chi connectivity index (χ4n) is 2.50. The van der Waals surface area contributed by atoms with Crippen molar-refractivity contribution in [1.82, 2.24) is 0 Å². The molecule has 0 radical (unpaired) electrons. The molecule has 0 saturated carbocycles. The molecular formula is C17H39N2+. The summed E-state index contributed by atoms with van der Waals surface area (Å²) in [6, 6.07) is 0. The summed E-state index contributed by atoms with van der Waals surface area (Å²) in [6.07, 6.45) is 16.9. The minimum atomic E-state index is 0.869. The Morgan fingerprint density at radius 1 is 0.526 bits per heavy atom. The molecule has 0 rings (SSSR count). The van der Waals surface area contributed by atoms with Crippen molar-refractivity contribution in [3.63, 3.8) is 0 Å². The molecule has 19 heavy (non-hydrogen) atoms. The summed E-state index contributed by atoms with van der Waals surface area (Å²) < 4.78 is 1.12. The summed E-state index contributed by atoms with van der Waals surface area (Å²) in [5.74, 6) is 0. The van der Waals surface area contributed by atoms with Crippen LogP contribution in [-0.2, 0) is 0 Å². The monoisotopic (exact) mass is 271 g/mol. The maximum absolute atomic E-state index is 5.48. The van der Waals surface area contributed by atoms with Gasteiger partial charge in [-0.05, 0) is 25.8 Å². The van der Waals surface area contributed by atoms with E-state index in [1.165, 1.54) is 83.6 Å². The molecule has 0 atom stereocenters. The zero-order valence-electron chi connectivity index (χ0n) is 13.9. The predicted molar refractivity (Wildman–Crippen MR) is 87.4 cm³/mol. The fraction of sp³-hybridized carbons (Fsp3) is 1.00. The van der Waals surface area contributed by atoms with E-state index in [2.05, 4.69) is 21.1 Å². The Balaban J connectivity index is 2.99. The normalized spacial score (nSPS) is 12.0. The molecule has 0 aliphatic carbocycles. The van der Waals surface area contributed by atoms with Gasteiger partial charge in [0.25, 0.3) is 0 Å². The van der Waals surface area contributed by atoms with Crippen molar-refractivity contribution in [2.24, 2.45) is 5.73 Å². The van der Waals surface area contributed by atoms with Crippen molar-refractivity contribution in [3.05, 3.63) is 0 Å². The Hall–Kier alpha value is -0.0800. The highest BCUT2D eigenvalue weighted by atomic mass is 15.3. The van der Waals surface area contributed by atoms with Crippen LogP contribution in [0, 0.1) is 0 Å². The van der Waals surface area contributed by atoms with Crippen LogP contribution in [0.25, 0.3) is 0 Å².